The lowest BCUT2D eigenvalue weighted by Crippen LogP contribution is -2.10. The van der Waals surface area contributed by atoms with Crippen LogP contribution in [0.15, 0.2) is 30.3 Å². The number of hydrogen-bond donors (Lipinski definition) is 0. The van der Waals surface area contributed by atoms with E-state index in [-0.39, 0.29) is 12.4 Å². The molecule has 0 aromatic heterocycles. The molecule has 134 valence electrons. The quantitative estimate of drug-likeness (QED) is 0.564. The van der Waals surface area contributed by atoms with Crippen molar-refractivity contribution in [1.29, 1.82) is 0 Å². The van der Waals surface area contributed by atoms with Crippen molar-refractivity contribution < 1.29 is 23.7 Å². The fraction of sp³-hybridized carbons (Fsp3) is 0.350. The van der Waals surface area contributed by atoms with Crippen molar-refractivity contribution in [2.45, 2.75) is 26.7 Å². The lowest BCUT2D eigenvalue weighted by molar-refractivity contribution is -0.134. The summed E-state index contributed by atoms with van der Waals surface area (Å²) >= 11 is 0. The molecule has 0 saturated carbocycles. The zero-order valence-electron chi connectivity index (χ0n) is 15.3. The van der Waals surface area contributed by atoms with E-state index in [0.717, 1.165) is 16.7 Å². The lowest BCUT2D eigenvalue weighted by atomic mass is 10.1. The molecule has 25 heavy (non-hydrogen) atoms. The first-order valence-corrected chi connectivity index (χ1v) is 8.05. The summed E-state index contributed by atoms with van der Waals surface area (Å²) in [5.41, 5.74) is 2.90. The maximum absolute atomic E-state index is 12.2. The number of esters is 1. The van der Waals surface area contributed by atoms with Crippen molar-refractivity contribution >= 4 is 5.97 Å². The molecule has 0 radical (unpaired) electrons. The Hall–Kier alpha value is -2.69. The Morgan fingerprint density at radius 3 is 2.08 bits per heavy atom. The van der Waals surface area contributed by atoms with E-state index in [9.17, 15) is 4.79 Å². The Bertz CT molecular complexity index is 727. The number of rotatable bonds is 7. The molecule has 5 heteroatoms. The van der Waals surface area contributed by atoms with Crippen LogP contribution >= 0.6 is 0 Å². The van der Waals surface area contributed by atoms with E-state index in [4.69, 9.17) is 18.9 Å². The van der Waals surface area contributed by atoms with Crippen molar-refractivity contribution in [3.63, 3.8) is 0 Å². The SMILES string of the molecule is COc1cc(CCC(=O)Oc2cc(C)ccc2C)cc(OC)c1OC. The number of hydrogen-bond acceptors (Lipinski definition) is 5. The van der Waals surface area contributed by atoms with Crippen LogP contribution in [-0.2, 0) is 11.2 Å². The summed E-state index contributed by atoms with van der Waals surface area (Å²) in [5, 5.41) is 0. The lowest BCUT2D eigenvalue weighted by Gasteiger charge is -2.14. The first-order valence-electron chi connectivity index (χ1n) is 8.05. The summed E-state index contributed by atoms with van der Waals surface area (Å²) in [7, 11) is 4.69. The minimum Gasteiger partial charge on any atom is -0.493 e. The predicted octanol–water partition coefficient (Wildman–Crippen LogP) is 3.87. The van der Waals surface area contributed by atoms with Crippen molar-refractivity contribution in [1.82, 2.24) is 0 Å². The third-order valence-corrected chi connectivity index (χ3v) is 3.91. The van der Waals surface area contributed by atoms with Gasteiger partial charge < -0.3 is 18.9 Å². The van der Waals surface area contributed by atoms with Crippen LogP contribution in [-0.4, -0.2) is 27.3 Å². The van der Waals surface area contributed by atoms with E-state index in [2.05, 4.69) is 0 Å². The average Bonchev–Trinajstić information content (AvgIpc) is 2.61. The number of methoxy groups -OCH3 is 3. The summed E-state index contributed by atoms with van der Waals surface area (Å²) < 4.78 is 21.4. The van der Waals surface area contributed by atoms with Gasteiger partial charge in [0.25, 0.3) is 0 Å². The number of ether oxygens (including phenoxy) is 4. The zero-order valence-corrected chi connectivity index (χ0v) is 15.3. The van der Waals surface area contributed by atoms with Gasteiger partial charge in [-0.05, 0) is 55.2 Å². The summed E-state index contributed by atoms with van der Waals surface area (Å²) in [6.45, 7) is 3.88. The molecule has 0 saturated heterocycles. The smallest absolute Gasteiger partial charge is 0.311 e. The molecule has 0 aliphatic heterocycles. The van der Waals surface area contributed by atoms with E-state index in [0.29, 0.717) is 29.4 Å². The van der Waals surface area contributed by atoms with Gasteiger partial charge in [0.15, 0.2) is 11.5 Å². The standard InChI is InChI=1S/C20H24O5/c1-13-6-7-14(2)16(10-13)25-19(21)9-8-15-11-17(22-3)20(24-5)18(12-15)23-4/h6-7,10-12H,8-9H2,1-5H3. The third kappa shape index (κ3) is 4.66. The molecular formula is C20H24O5. The maximum atomic E-state index is 12.2. The average molecular weight is 344 g/mol. The van der Waals surface area contributed by atoms with Gasteiger partial charge in [0.2, 0.25) is 5.75 Å². The summed E-state index contributed by atoms with van der Waals surface area (Å²) in [6, 6.07) is 9.48. The van der Waals surface area contributed by atoms with Crippen molar-refractivity contribution in [2.75, 3.05) is 21.3 Å². The molecule has 0 bridgehead atoms. The van der Waals surface area contributed by atoms with Crippen LogP contribution < -0.4 is 18.9 Å². The van der Waals surface area contributed by atoms with Crippen molar-refractivity contribution in [3.05, 3.63) is 47.0 Å². The molecule has 0 atom stereocenters. The summed E-state index contributed by atoms with van der Waals surface area (Å²) in [4.78, 5) is 12.2. The molecule has 5 nitrogen and oxygen atoms in total. The number of carbonyl (C=O) groups excluding carboxylic acids is 1. The van der Waals surface area contributed by atoms with Crippen LogP contribution in [0.25, 0.3) is 0 Å². The zero-order chi connectivity index (χ0) is 18.4. The molecule has 0 amide bonds. The Kier molecular flexibility index (Phi) is 6.28. The highest BCUT2D eigenvalue weighted by Gasteiger charge is 2.14. The largest absolute Gasteiger partial charge is 0.493 e. The van der Waals surface area contributed by atoms with E-state index in [1.807, 2.05) is 44.2 Å². The topological polar surface area (TPSA) is 54.0 Å². The van der Waals surface area contributed by atoms with Gasteiger partial charge in [-0.2, -0.15) is 0 Å². The van der Waals surface area contributed by atoms with Gasteiger partial charge in [-0.25, -0.2) is 0 Å². The highest BCUT2D eigenvalue weighted by Crippen LogP contribution is 2.38. The van der Waals surface area contributed by atoms with Gasteiger partial charge in [-0.3, -0.25) is 4.79 Å². The Balaban J connectivity index is 2.07. The number of carbonyl (C=O) groups is 1. The van der Waals surface area contributed by atoms with Gasteiger partial charge in [0, 0.05) is 6.42 Å². The summed E-state index contributed by atoms with van der Waals surface area (Å²) in [5.74, 6) is 2.00. The minimum absolute atomic E-state index is 0.256. The molecule has 2 rings (SSSR count). The Labute approximate surface area is 148 Å². The molecule has 0 spiro atoms. The summed E-state index contributed by atoms with van der Waals surface area (Å²) in [6.07, 6.45) is 0.770. The molecule has 0 aliphatic carbocycles. The molecule has 0 N–H and O–H groups in total. The fourth-order valence-corrected chi connectivity index (χ4v) is 2.52. The molecule has 0 fully saturated rings. The second kappa shape index (κ2) is 8.42. The van der Waals surface area contributed by atoms with Crippen molar-refractivity contribution in [3.8, 4) is 23.0 Å². The number of benzene rings is 2. The fourth-order valence-electron chi connectivity index (χ4n) is 2.52. The second-order valence-corrected chi connectivity index (χ2v) is 5.78. The van der Waals surface area contributed by atoms with Crippen molar-refractivity contribution in [2.24, 2.45) is 0 Å². The maximum Gasteiger partial charge on any atom is 0.311 e. The van der Waals surface area contributed by atoms with Crippen LogP contribution in [0.5, 0.6) is 23.0 Å². The van der Waals surface area contributed by atoms with Gasteiger partial charge in [-0.1, -0.05) is 12.1 Å². The monoisotopic (exact) mass is 344 g/mol. The van der Waals surface area contributed by atoms with Gasteiger partial charge in [0.1, 0.15) is 5.75 Å². The van der Waals surface area contributed by atoms with Crippen LogP contribution in [0.2, 0.25) is 0 Å². The van der Waals surface area contributed by atoms with E-state index in [1.54, 1.807) is 21.3 Å². The molecule has 2 aromatic carbocycles. The molecule has 0 aliphatic rings. The normalized spacial score (nSPS) is 10.3. The molecule has 0 heterocycles. The van der Waals surface area contributed by atoms with E-state index < -0.39 is 0 Å². The van der Waals surface area contributed by atoms with Crippen LogP contribution in [0.4, 0.5) is 0 Å². The highest BCUT2D eigenvalue weighted by atomic mass is 16.5. The highest BCUT2D eigenvalue weighted by molar-refractivity contribution is 5.73. The Morgan fingerprint density at radius 2 is 1.52 bits per heavy atom. The first-order chi connectivity index (χ1) is 12.0. The molecular weight excluding hydrogens is 320 g/mol. The van der Waals surface area contributed by atoms with E-state index >= 15 is 0 Å². The first kappa shape index (κ1) is 18.6. The number of aryl methyl sites for hydroxylation is 3. The predicted molar refractivity (Wildman–Crippen MR) is 96.0 cm³/mol. The second-order valence-electron chi connectivity index (χ2n) is 5.78. The van der Waals surface area contributed by atoms with Gasteiger partial charge in [-0.15, -0.1) is 0 Å². The van der Waals surface area contributed by atoms with Gasteiger partial charge >= 0.3 is 5.97 Å². The van der Waals surface area contributed by atoms with Crippen LogP contribution in [0.1, 0.15) is 23.1 Å². The third-order valence-electron chi connectivity index (χ3n) is 3.91. The van der Waals surface area contributed by atoms with Crippen LogP contribution in [0, 0.1) is 13.8 Å². The van der Waals surface area contributed by atoms with Crippen LogP contribution in [0.3, 0.4) is 0 Å². The minimum atomic E-state index is -0.276. The van der Waals surface area contributed by atoms with Gasteiger partial charge in [0.05, 0.1) is 21.3 Å². The van der Waals surface area contributed by atoms with E-state index in [1.165, 1.54) is 0 Å². The molecule has 0 unspecified atom stereocenters. The molecule has 2 aromatic rings. The Morgan fingerprint density at radius 1 is 0.880 bits per heavy atom.